The van der Waals surface area contributed by atoms with Crippen LogP contribution in [0.5, 0.6) is 0 Å². The minimum Gasteiger partial charge on any atom is -0.376 e. The number of aryl methyl sites for hydroxylation is 1. The third-order valence-corrected chi connectivity index (χ3v) is 2.98. The molecule has 0 saturated heterocycles. The van der Waals surface area contributed by atoms with Crippen LogP contribution in [0.15, 0.2) is 42.5 Å². The Morgan fingerprint density at radius 3 is 2.77 bits per heavy atom. The van der Waals surface area contributed by atoms with Crippen LogP contribution in [0.25, 0.3) is 0 Å². The Bertz CT molecular complexity index is 719. The zero-order valence-electron chi connectivity index (χ0n) is 11.8. The monoisotopic (exact) mass is 303 g/mol. The topological polar surface area (TPSA) is 84.3 Å². The number of hydrogen-bond acceptors (Lipinski definition) is 4. The molecule has 22 heavy (non-hydrogen) atoms. The van der Waals surface area contributed by atoms with Crippen molar-refractivity contribution < 1.29 is 14.1 Å². The molecule has 1 amide bonds. The number of rotatable bonds is 5. The van der Waals surface area contributed by atoms with Gasteiger partial charge in [-0.2, -0.15) is 0 Å². The predicted molar refractivity (Wildman–Crippen MR) is 81.4 cm³/mol. The van der Waals surface area contributed by atoms with Crippen molar-refractivity contribution in [2.45, 2.75) is 6.92 Å². The van der Waals surface area contributed by atoms with Crippen LogP contribution in [-0.4, -0.2) is 17.4 Å². The van der Waals surface area contributed by atoms with E-state index in [-0.39, 0.29) is 18.1 Å². The van der Waals surface area contributed by atoms with Crippen LogP contribution < -0.4 is 10.6 Å². The summed E-state index contributed by atoms with van der Waals surface area (Å²) >= 11 is 0. The van der Waals surface area contributed by atoms with Crippen molar-refractivity contribution in [1.82, 2.24) is 0 Å². The summed E-state index contributed by atoms with van der Waals surface area (Å²) in [5.74, 6) is -0.781. The summed E-state index contributed by atoms with van der Waals surface area (Å²) in [6.07, 6.45) is 0. The molecule has 0 heterocycles. The Labute approximate surface area is 126 Å². The Balaban J connectivity index is 1.97. The minimum atomic E-state index is -0.538. The highest BCUT2D eigenvalue weighted by atomic mass is 19.1. The fourth-order valence-corrected chi connectivity index (χ4v) is 1.86. The number of halogens is 1. The van der Waals surface area contributed by atoms with Crippen LogP contribution in [0.3, 0.4) is 0 Å². The van der Waals surface area contributed by atoms with Crippen molar-refractivity contribution in [3.8, 4) is 0 Å². The lowest BCUT2D eigenvalue weighted by Crippen LogP contribution is -2.22. The first-order valence-corrected chi connectivity index (χ1v) is 6.50. The molecule has 0 bridgehead atoms. The van der Waals surface area contributed by atoms with Crippen LogP contribution in [0.4, 0.5) is 21.5 Å². The molecule has 2 rings (SSSR count). The number of nitrogens with zero attached hydrogens (tertiary/aromatic N) is 1. The number of benzene rings is 2. The molecule has 0 radical (unpaired) electrons. The van der Waals surface area contributed by atoms with E-state index in [0.29, 0.717) is 11.4 Å². The number of anilines is 2. The van der Waals surface area contributed by atoms with Crippen LogP contribution in [-0.2, 0) is 4.79 Å². The lowest BCUT2D eigenvalue weighted by Gasteiger charge is -2.10. The van der Waals surface area contributed by atoms with Crippen molar-refractivity contribution in [3.05, 3.63) is 64.0 Å². The number of amides is 1. The average Bonchev–Trinajstić information content (AvgIpc) is 2.48. The van der Waals surface area contributed by atoms with Gasteiger partial charge in [0.2, 0.25) is 5.91 Å². The molecule has 0 aliphatic heterocycles. The second kappa shape index (κ2) is 6.66. The number of non-ortho nitro benzene ring substituents is 1. The fourth-order valence-electron chi connectivity index (χ4n) is 1.86. The maximum atomic E-state index is 13.1. The molecule has 0 aliphatic carbocycles. The molecule has 0 aliphatic rings. The summed E-state index contributed by atoms with van der Waals surface area (Å²) in [6.45, 7) is 1.72. The van der Waals surface area contributed by atoms with E-state index in [0.717, 1.165) is 5.56 Å². The van der Waals surface area contributed by atoms with Crippen LogP contribution in [0, 0.1) is 22.9 Å². The zero-order chi connectivity index (χ0) is 16.1. The first kappa shape index (κ1) is 15.4. The van der Waals surface area contributed by atoms with Gasteiger partial charge in [0.15, 0.2) is 0 Å². The van der Waals surface area contributed by atoms with Gasteiger partial charge >= 0.3 is 0 Å². The maximum absolute atomic E-state index is 13.1. The number of nitro groups is 1. The molecular weight excluding hydrogens is 289 g/mol. The molecule has 7 heteroatoms. The summed E-state index contributed by atoms with van der Waals surface area (Å²) in [5, 5.41) is 16.0. The Kier molecular flexibility index (Phi) is 4.67. The van der Waals surface area contributed by atoms with Gasteiger partial charge in [0.05, 0.1) is 11.5 Å². The largest absolute Gasteiger partial charge is 0.376 e. The molecule has 2 N–H and O–H groups in total. The number of carbonyl (C=O) groups excluding carboxylic acids is 1. The van der Waals surface area contributed by atoms with Crippen LogP contribution in [0.2, 0.25) is 0 Å². The van der Waals surface area contributed by atoms with Gasteiger partial charge in [-0.1, -0.05) is 12.1 Å². The van der Waals surface area contributed by atoms with E-state index in [1.807, 2.05) is 0 Å². The molecule has 2 aromatic carbocycles. The zero-order valence-corrected chi connectivity index (χ0v) is 11.8. The lowest BCUT2D eigenvalue weighted by atomic mass is 10.2. The van der Waals surface area contributed by atoms with Crippen molar-refractivity contribution >= 4 is 23.0 Å². The minimum absolute atomic E-state index is 0.0764. The van der Waals surface area contributed by atoms with Crippen molar-refractivity contribution in [3.63, 3.8) is 0 Å². The normalized spacial score (nSPS) is 10.1. The summed E-state index contributed by atoms with van der Waals surface area (Å²) < 4.78 is 13.1. The van der Waals surface area contributed by atoms with Gasteiger partial charge in [0.1, 0.15) is 5.82 Å². The third kappa shape index (κ3) is 4.02. The summed E-state index contributed by atoms with van der Waals surface area (Å²) in [6, 6.07) is 9.89. The van der Waals surface area contributed by atoms with Gasteiger partial charge in [-0.05, 0) is 30.7 Å². The Morgan fingerprint density at radius 1 is 1.27 bits per heavy atom. The fraction of sp³-hybridized carbons (Fsp3) is 0.133. The first-order valence-electron chi connectivity index (χ1n) is 6.50. The first-order chi connectivity index (χ1) is 10.5. The molecule has 0 atom stereocenters. The van der Waals surface area contributed by atoms with Gasteiger partial charge in [-0.25, -0.2) is 4.39 Å². The van der Waals surface area contributed by atoms with E-state index in [9.17, 15) is 19.3 Å². The van der Waals surface area contributed by atoms with Gasteiger partial charge in [0.25, 0.3) is 5.69 Å². The average molecular weight is 303 g/mol. The summed E-state index contributed by atoms with van der Waals surface area (Å²) in [5.41, 5.74) is 1.56. The van der Waals surface area contributed by atoms with Crippen molar-refractivity contribution in [1.29, 1.82) is 0 Å². The number of hydrogen-bond donors (Lipinski definition) is 2. The highest BCUT2D eigenvalue weighted by Gasteiger charge is 2.08. The second-order valence-electron chi connectivity index (χ2n) is 4.67. The smallest absolute Gasteiger partial charge is 0.271 e. The molecular formula is C15H14FN3O3. The van der Waals surface area contributed by atoms with E-state index >= 15 is 0 Å². The summed E-state index contributed by atoms with van der Waals surface area (Å²) in [4.78, 5) is 22.0. The molecule has 0 unspecified atom stereocenters. The van der Waals surface area contributed by atoms with Gasteiger partial charge in [-0.15, -0.1) is 0 Å². The molecule has 2 aromatic rings. The van der Waals surface area contributed by atoms with Gasteiger partial charge < -0.3 is 10.6 Å². The third-order valence-electron chi connectivity index (χ3n) is 2.98. The van der Waals surface area contributed by atoms with E-state index in [1.54, 1.807) is 19.1 Å². The maximum Gasteiger partial charge on any atom is 0.271 e. The Morgan fingerprint density at radius 2 is 2.05 bits per heavy atom. The second-order valence-corrected chi connectivity index (χ2v) is 4.67. The highest BCUT2D eigenvalue weighted by molar-refractivity contribution is 5.94. The standard InChI is InChI=1S/C15H14FN3O3/c1-10-5-6-11(16)7-14(10)17-9-15(20)18-12-3-2-4-13(8-12)19(21)22/h2-8,17H,9H2,1H3,(H,18,20). The van der Waals surface area contributed by atoms with E-state index in [1.165, 1.54) is 30.3 Å². The lowest BCUT2D eigenvalue weighted by molar-refractivity contribution is -0.384. The van der Waals surface area contributed by atoms with E-state index < -0.39 is 10.7 Å². The summed E-state index contributed by atoms with van der Waals surface area (Å²) in [7, 11) is 0. The van der Waals surface area contributed by atoms with Crippen molar-refractivity contribution in [2.75, 3.05) is 17.2 Å². The number of carbonyl (C=O) groups is 1. The van der Waals surface area contributed by atoms with Crippen LogP contribution >= 0.6 is 0 Å². The van der Waals surface area contributed by atoms with E-state index in [4.69, 9.17) is 0 Å². The Hall–Kier alpha value is -2.96. The molecule has 0 spiro atoms. The SMILES string of the molecule is Cc1ccc(F)cc1NCC(=O)Nc1cccc([N+](=O)[O-])c1. The molecule has 6 nitrogen and oxygen atoms in total. The van der Waals surface area contributed by atoms with Gasteiger partial charge in [0, 0.05) is 23.5 Å². The van der Waals surface area contributed by atoms with Crippen LogP contribution in [0.1, 0.15) is 5.56 Å². The highest BCUT2D eigenvalue weighted by Crippen LogP contribution is 2.18. The van der Waals surface area contributed by atoms with Gasteiger partial charge in [-0.3, -0.25) is 14.9 Å². The number of nitrogens with one attached hydrogen (secondary N) is 2. The quantitative estimate of drug-likeness (QED) is 0.656. The molecule has 0 saturated carbocycles. The van der Waals surface area contributed by atoms with Crippen molar-refractivity contribution in [2.24, 2.45) is 0 Å². The predicted octanol–water partition coefficient (Wildman–Crippen LogP) is 3.09. The molecule has 0 aromatic heterocycles. The molecule has 114 valence electrons. The number of nitro benzene ring substituents is 1. The van der Waals surface area contributed by atoms with E-state index in [2.05, 4.69) is 10.6 Å². The molecule has 0 fully saturated rings.